The Morgan fingerprint density at radius 1 is 1.24 bits per heavy atom. The molecule has 0 heterocycles. The molecule has 1 amide bonds. The van der Waals surface area contributed by atoms with Gasteiger partial charge in [-0.25, -0.2) is 0 Å². The van der Waals surface area contributed by atoms with E-state index in [1.165, 1.54) is 11.1 Å². The number of amides is 1. The van der Waals surface area contributed by atoms with Crippen LogP contribution in [0.1, 0.15) is 33.1 Å². The maximum absolute atomic E-state index is 12.5. The van der Waals surface area contributed by atoms with Gasteiger partial charge in [0.15, 0.2) is 0 Å². The second kappa shape index (κ2) is 5.93. The fourth-order valence-corrected chi connectivity index (χ4v) is 4.18. The Morgan fingerprint density at radius 2 is 2.00 bits per heavy atom. The number of aryl methyl sites for hydroxylation is 1. The van der Waals surface area contributed by atoms with Gasteiger partial charge in [-0.1, -0.05) is 46.3 Å². The molecule has 1 aliphatic carbocycles. The van der Waals surface area contributed by atoms with E-state index in [-0.39, 0.29) is 16.8 Å². The second-order valence-electron chi connectivity index (χ2n) is 5.35. The zero-order valence-corrected chi connectivity index (χ0v) is 14.7. The third kappa shape index (κ3) is 2.92. The highest BCUT2D eigenvalue weighted by atomic mass is 79.9. The maximum atomic E-state index is 12.5. The Morgan fingerprint density at radius 3 is 2.76 bits per heavy atom. The van der Waals surface area contributed by atoms with Crippen LogP contribution in [-0.4, -0.2) is 10.7 Å². The number of rotatable bonds is 2. The van der Waals surface area contributed by atoms with E-state index >= 15 is 0 Å². The molecule has 2 nitrogen and oxygen atoms in total. The van der Waals surface area contributed by atoms with E-state index in [4.69, 9.17) is 0 Å². The Hall–Kier alpha value is -1.13. The number of hydrogen-bond donors (Lipinski definition) is 1. The SMILES string of the molecule is Cc1ccc(C(=O)NC2c3ccccc3CC2Br)c(Br)c1. The highest BCUT2D eigenvalue weighted by Crippen LogP contribution is 2.36. The summed E-state index contributed by atoms with van der Waals surface area (Å²) in [4.78, 5) is 12.8. The van der Waals surface area contributed by atoms with Gasteiger partial charge in [-0.15, -0.1) is 0 Å². The molecule has 108 valence electrons. The predicted octanol–water partition coefficient (Wildman–Crippen LogP) is 4.55. The highest BCUT2D eigenvalue weighted by molar-refractivity contribution is 9.10. The molecule has 0 saturated heterocycles. The van der Waals surface area contributed by atoms with Crippen LogP contribution in [0.15, 0.2) is 46.9 Å². The lowest BCUT2D eigenvalue weighted by molar-refractivity contribution is 0.0937. The summed E-state index contributed by atoms with van der Waals surface area (Å²) >= 11 is 7.16. The van der Waals surface area contributed by atoms with E-state index in [2.05, 4.69) is 49.3 Å². The predicted molar refractivity (Wildman–Crippen MR) is 91.9 cm³/mol. The van der Waals surface area contributed by atoms with E-state index < -0.39 is 0 Å². The van der Waals surface area contributed by atoms with Crippen molar-refractivity contribution in [3.8, 4) is 0 Å². The molecule has 0 saturated carbocycles. The van der Waals surface area contributed by atoms with Gasteiger partial charge in [0.25, 0.3) is 5.91 Å². The molecule has 0 fully saturated rings. The van der Waals surface area contributed by atoms with Crippen LogP contribution >= 0.6 is 31.9 Å². The van der Waals surface area contributed by atoms with E-state index in [1.54, 1.807) is 0 Å². The Balaban J connectivity index is 1.85. The van der Waals surface area contributed by atoms with Crippen LogP contribution in [0.5, 0.6) is 0 Å². The largest absolute Gasteiger partial charge is 0.344 e. The van der Waals surface area contributed by atoms with Crippen molar-refractivity contribution < 1.29 is 4.79 Å². The first-order valence-electron chi connectivity index (χ1n) is 6.85. The topological polar surface area (TPSA) is 29.1 Å². The minimum Gasteiger partial charge on any atom is -0.344 e. The molecule has 2 aromatic rings. The van der Waals surface area contributed by atoms with Crippen molar-refractivity contribution in [1.29, 1.82) is 0 Å². The van der Waals surface area contributed by atoms with Crippen molar-refractivity contribution in [2.24, 2.45) is 0 Å². The highest BCUT2D eigenvalue weighted by Gasteiger charge is 2.31. The molecular weight excluding hydrogens is 394 g/mol. The van der Waals surface area contributed by atoms with Crippen LogP contribution in [0.2, 0.25) is 0 Å². The van der Waals surface area contributed by atoms with Gasteiger partial charge in [-0.2, -0.15) is 0 Å². The van der Waals surface area contributed by atoms with E-state index in [1.807, 2.05) is 37.3 Å². The number of halogens is 2. The Labute approximate surface area is 141 Å². The van der Waals surface area contributed by atoms with Gasteiger partial charge in [-0.05, 0) is 58.1 Å². The average molecular weight is 409 g/mol. The minimum atomic E-state index is -0.0481. The summed E-state index contributed by atoms with van der Waals surface area (Å²) in [6.07, 6.45) is 0.941. The zero-order valence-electron chi connectivity index (χ0n) is 11.6. The van der Waals surface area contributed by atoms with E-state index in [0.29, 0.717) is 5.56 Å². The number of fused-ring (bicyclic) bond motifs is 1. The van der Waals surface area contributed by atoms with Gasteiger partial charge in [0.1, 0.15) is 0 Å². The van der Waals surface area contributed by atoms with Gasteiger partial charge < -0.3 is 5.32 Å². The molecule has 2 aromatic carbocycles. The Kier molecular flexibility index (Phi) is 4.18. The lowest BCUT2D eigenvalue weighted by Crippen LogP contribution is -2.31. The molecule has 3 rings (SSSR count). The number of alkyl halides is 1. The maximum Gasteiger partial charge on any atom is 0.252 e. The first kappa shape index (κ1) is 14.8. The summed E-state index contributed by atoms with van der Waals surface area (Å²) < 4.78 is 0.831. The molecule has 4 heteroatoms. The van der Waals surface area contributed by atoms with Crippen molar-refractivity contribution >= 4 is 37.8 Å². The van der Waals surface area contributed by atoms with Crippen LogP contribution in [0.25, 0.3) is 0 Å². The second-order valence-corrected chi connectivity index (χ2v) is 7.38. The molecule has 1 aliphatic rings. The first-order valence-corrected chi connectivity index (χ1v) is 8.56. The quantitative estimate of drug-likeness (QED) is 0.725. The average Bonchev–Trinajstić information content (AvgIpc) is 2.75. The van der Waals surface area contributed by atoms with Gasteiger partial charge in [0.2, 0.25) is 0 Å². The molecule has 0 radical (unpaired) electrons. The molecule has 21 heavy (non-hydrogen) atoms. The molecular formula is C17H15Br2NO. The molecule has 2 unspecified atom stereocenters. The molecule has 0 spiro atoms. The van der Waals surface area contributed by atoms with Crippen LogP contribution in [0, 0.1) is 6.92 Å². The molecule has 0 bridgehead atoms. The monoisotopic (exact) mass is 407 g/mol. The Bertz CT molecular complexity index is 699. The number of nitrogens with one attached hydrogen (secondary N) is 1. The summed E-state index contributed by atoms with van der Waals surface area (Å²) in [7, 11) is 0. The molecule has 1 N–H and O–H groups in total. The number of carbonyl (C=O) groups is 1. The van der Waals surface area contributed by atoms with Crippen LogP contribution in [0.3, 0.4) is 0 Å². The van der Waals surface area contributed by atoms with E-state index in [0.717, 1.165) is 16.5 Å². The third-order valence-electron chi connectivity index (χ3n) is 3.82. The van der Waals surface area contributed by atoms with Crippen LogP contribution < -0.4 is 5.32 Å². The van der Waals surface area contributed by atoms with Crippen LogP contribution in [0.4, 0.5) is 0 Å². The summed E-state index contributed by atoms with van der Waals surface area (Å²) in [5.74, 6) is -0.0481. The number of benzene rings is 2. The number of hydrogen-bond acceptors (Lipinski definition) is 1. The smallest absolute Gasteiger partial charge is 0.252 e. The molecule has 2 atom stereocenters. The lowest BCUT2D eigenvalue weighted by Gasteiger charge is -2.18. The first-order chi connectivity index (χ1) is 10.1. The summed E-state index contributed by atoms with van der Waals surface area (Å²) in [6, 6.07) is 14.1. The van der Waals surface area contributed by atoms with Crippen molar-refractivity contribution in [3.05, 3.63) is 69.2 Å². The summed E-state index contributed by atoms with van der Waals surface area (Å²) in [5.41, 5.74) is 4.30. The van der Waals surface area contributed by atoms with Crippen LogP contribution in [-0.2, 0) is 6.42 Å². The van der Waals surface area contributed by atoms with Crippen molar-refractivity contribution in [2.45, 2.75) is 24.2 Å². The number of carbonyl (C=O) groups excluding carboxylic acids is 1. The van der Waals surface area contributed by atoms with E-state index in [9.17, 15) is 4.79 Å². The third-order valence-corrected chi connectivity index (χ3v) is 5.33. The summed E-state index contributed by atoms with van der Waals surface area (Å²) in [5, 5.41) is 3.15. The minimum absolute atomic E-state index is 0.0157. The van der Waals surface area contributed by atoms with Gasteiger partial charge in [-0.3, -0.25) is 4.79 Å². The van der Waals surface area contributed by atoms with Crippen molar-refractivity contribution in [1.82, 2.24) is 5.32 Å². The van der Waals surface area contributed by atoms with Crippen molar-refractivity contribution in [3.63, 3.8) is 0 Å². The molecule has 0 aliphatic heterocycles. The normalized spacial score (nSPS) is 20.1. The fraction of sp³-hybridized carbons (Fsp3) is 0.235. The van der Waals surface area contributed by atoms with Gasteiger partial charge in [0, 0.05) is 9.30 Å². The lowest BCUT2D eigenvalue weighted by atomic mass is 10.1. The van der Waals surface area contributed by atoms with Crippen molar-refractivity contribution in [2.75, 3.05) is 0 Å². The standard InChI is InChI=1S/C17H15Br2NO/c1-10-6-7-13(14(18)8-10)17(21)20-16-12-5-3-2-4-11(12)9-15(16)19/h2-8,15-16H,9H2,1H3,(H,20,21). The van der Waals surface area contributed by atoms with Gasteiger partial charge >= 0.3 is 0 Å². The molecule has 0 aromatic heterocycles. The van der Waals surface area contributed by atoms with Gasteiger partial charge in [0.05, 0.1) is 11.6 Å². The summed E-state index contributed by atoms with van der Waals surface area (Å²) in [6.45, 7) is 2.01. The zero-order chi connectivity index (χ0) is 15.0. The fourth-order valence-electron chi connectivity index (χ4n) is 2.74.